The molecule has 0 bridgehead atoms. The number of hydrogen-bond acceptors (Lipinski definition) is 5. The van der Waals surface area contributed by atoms with E-state index in [0.29, 0.717) is 15.7 Å². The van der Waals surface area contributed by atoms with Crippen LogP contribution in [0.3, 0.4) is 0 Å². The molecule has 2 heterocycles. The van der Waals surface area contributed by atoms with Crippen molar-refractivity contribution in [2.24, 2.45) is 0 Å². The van der Waals surface area contributed by atoms with Crippen LogP contribution >= 0.6 is 23.5 Å². The smallest absolute Gasteiger partial charge is 0.142 e. The predicted molar refractivity (Wildman–Crippen MR) is 79.1 cm³/mol. The van der Waals surface area contributed by atoms with Crippen LogP contribution in [0.15, 0.2) is 6.20 Å². The maximum absolute atomic E-state index is 9.59. The Morgan fingerprint density at radius 1 is 1.39 bits per heavy atom. The van der Waals surface area contributed by atoms with E-state index in [0.717, 1.165) is 22.8 Å². The topological polar surface area (TPSA) is 46.0 Å². The van der Waals surface area contributed by atoms with E-state index in [2.05, 4.69) is 23.8 Å². The standard InChI is InChI=1S/C13H20N2OS2/c1-7-11(8(2)16)5-14-13(15-7)12-6-17-9(3)10(4)18-12/h5,8-10,12,16H,6H2,1-4H3. The van der Waals surface area contributed by atoms with Gasteiger partial charge in [-0.15, -0.1) is 11.8 Å². The van der Waals surface area contributed by atoms with Gasteiger partial charge in [-0.1, -0.05) is 13.8 Å². The third-order valence-electron chi connectivity index (χ3n) is 3.32. The van der Waals surface area contributed by atoms with Gasteiger partial charge < -0.3 is 5.11 Å². The quantitative estimate of drug-likeness (QED) is 0.904. The predicted octanol–water partition coefficient (Wildman–Crippen LogP) is 3.14. The van der Waals surface area contributed by atoms with Crippen molar-refractivity contribution in [2.45, 2.75) is 49.5 Å². The van der Waals surface area contributed by atoms with E-state index in [1.54, 1.807) is 13.1 Å². The second kappa shape index (κ2) is 5.80. The van der Waals surface area contributed by atoms with Crippen molar-refractivity contribution in [1.29, 1.82) is 0 Å². The Hall–Kier alpha value is -0.260. The molecule has 1 aliphatic heterocycles. The van der Waals surface area contributed by atoms with Crippen molar-refractivity contribution in [1.82, 2.24) is 9.97 Å². The van der Waals surface area contributed by atoms with Gasteiger partial charge in [0.2, 0.25) is 0 Å². The number of rotatable bonds is 2. The molecule has 0 amide bonds. The highest BCUT2D eigenvalue weighted by Gasteiger charge is 2.28. The average molecular weight is 284 g/mol. The zero-order valence-corrected chi connectivity index (χ0v) is 12.9. The fourth-order valence-electron chi connectivity index (χ4n) is 1.98. The van der Waals surface area contributed by atoms with Gasteiger partial charge >= 0.3 is 0 Å². The second-order valence-corrected chi connectivity index (χ2v) is 7.81. The van der Waals surface area contributed by atoms with Crippen LogP contribution in [0.2, 0.25) is 0 Å². The summed E-state index contributed by atoms with van der Waals surface area (Å²) in [6, 6.07) is 0. The first-order chi connectivity index (χ1) is 8.49. The highest BCUT2D eigenvalue weighted by atomic mass is 32.2. The van der Waals surface area contributed by atoms with Crippen LogP contribution in [0.5, 0.6) is 0 Å². The SMILES string of the molecule is Cc1nc(C2CSC(C)C(C)S2)ncc1C(C)O. The third-order valence-corrected chi connectivity index (χ3v) is 6.71. The van der Waals surface area contributed by atoms with Crippen LogP contribution in [0.1, 0.15) is 49.2 Å². The van der Waals surface area contributed by atoms with E-state index in [1.807, 2.05) is 30.4 Å². The van der Waals surface area contributed by atoms with E-state index in [-0.39, 0.29) is 0 Å². The number of aryl methyl sites for hydroxylation is 1. The molecule has 1 aromatic rings. The molecule has 1 saturated heterocycles. The van der Waals surface area contributed by atoms with Crippen molar-refractivity contribution >= 4 is 23.5 Å². The van der Waals surface area contributed by atoms with Crippen molar-refractivity contribution < 1.29 is 5.11 Å². The molecule has 0 aliphatic carbocycles. The summed E-state index contributed by atoms with van der Waals surface area (Å²) in [4.78, 5) is 9.01. The molecule has 1 N–H and O–H groups in total. The Morgan fingerprint density at radius 2 is 2.11 bits per heavy atom. The molecule has 0 radical (unpaired) electrons. The van der Waals surface area contributed by atoms with Crippen LogP contribution in [0.4, 0.5) is 0 Å². The van der Waals surface area contributed by atoms with E-state index in [4.69, 9.17) is 0 Å². The molecular weight excluding hydrogens is 264 g/mol. The summed E-state index contributed by atoms with van der Waals surface area (Å²) in [5.41, 5.74) is 1.72. The number of thioether (sulfide) groups is 2. The first kappa shape index (κ1) is 14.2. The summed E-state index contributed by atoms with van der Waals surface area (Å²) in [7, 11) is 0. The summed E-state index contributed by atoms with van der Waals surface area (Å²) in [6.07, 6.45) is 1.28. The zero-order chi connectivity index (χ0) is 13.3. The summed E-state index contributed by atoms with van der Waals surface area (Å²) >= 11 is 3.96. The number of aliphatic hydroxyl groups excluding tert-OH is 1. The van der Waals surface area contributed by atoms with Gasteiger partial charge in [0.25, 0.3) is 0 Å². The van der Waals surface area contributed by atoms with Gasteiger partial charge in [0.05, 0.1) is 11.4 Å². The molecule has 0 saturated carbocycles. The lowest BCUT2D eigenvalue weighted by molar-refractivity contribution is 0.197. The highest BCUT2D eigenvalue weighted by Crippen LogP contribution is 2.43. The van der Waals surface area contributed by atoms with Gasteiger partial charge in [-0.05, 0) is 13.8 Å². The largest absolute Gasteiger partial charge is 0.389 e. The lowest BCUT2D eigenvalue weighted by atomic mass is 10.1. The van der Waals surface area contributed by atoms with Crippen molar-refractivity contribution in [3.05, 3.63) is 23.3 Å². The van der Waals surface area contributed by atoms with Gasteiger partial charge in [0, 0.05) is 33.7 Å². The number of aliphatic hydroxyl groups is 1. The summed E-state index contributed by atoms with van der Waals surface area (Å²) in [5, 5.41) is 11.3. The van der Waals surface area contributed by atoms with E-state index >= 15 is 0 Å². The van der Waals surface area contributed by atoms with Gasteiger partial charge in [0.1, 0.15) is 5.82 Å². The molecule has 0 aromatic carbocycles. The fourth-order valence-corrected chi connectivity index (χ4v) is 4.83. The average Bonchev–Trinajstić information content (AvgIpc) is 2.32. The van der Waals surface area contributed by atoms with Crippen LogP contribution in [0.25, 0.3) is 0 Å². The first-order valence-electron chi connectivity index (χ1n) is 6.27. The minimum atomic E-state index is -0.494. The Labute approximate surface area is 117 Å². The van der Waals surface area contributed by atoms with Crippen LogP contribution in [-0.2, 0) is 0 Å². The maximum Gasteiger partial charge on any atom is 0.142 e. The third kappa shape index (κ3) is 3.00. The molecule has 1 aromatic heterocycles. The van der Waals surface area contributed by atoms with Gasteiger partial charge in [0.15, 0.2) is 0 Å². The fraction of sp³-hybridized carbons (Fsp3) is 0.692. The van der Waals surface area contributed by atoms with Crippen LogP contribution in [-0.4, -0.2) is 31.3 Å². The lowest BCUT2D eigenvalue weighted by Gasteiger charge is -2.30. The lowest BCUT2D eigenvalue weighted by Crippen LogP contribution is -2.23. The van der Waals surface area contributed by atoms with Crippen LogP contribution < -0.4 is 0 Å². The van der Waals surface area contributed by atoms with E-state index in [9.17, 15) is 5.11 Å². The van der Waals surface area contributed by atoms with E-state index in [1.165, 1.54) is 0 Å². The molecule has 1 fully saturated rings. The minimum absolute atomic E-state index is 0.378. The Kier molecular flexibility index (Phi) is 4.56. The van der Waals surface area contributed by atoms with Crippen molar-refractivity contribution in [2.75, 3.05) is 5.75 Å². The van der Waals surface area contributed by atoms with Crippen LogP contribution in [0, 0.1) is 6.92 Å². The molecule has 5 heteroatoms. The molecule has 18 heavy (non-hydrogen) atoms. The Morgan fingerprint density at radius 3 is 2.67 bits per heavy atom. The molecular formula is C13H20N2OS2. The minimum Gasteiger partial charge on any atom is -0.389 e. The molecule has 2 rings (SSSR count). The van der Waals surface area contributed by atoms with Gasteiger partial charge in [-0.3, -0.25) is 0 Å². The monoisotopic (exact) mass is 284 g/mol. The normalized spacial score (nSPS) is 30.2. The molecule has 100 valence electrons. The summed E-state index contributed by atoms with van der Waals surface area (Å²) in [5.74, 6) is 1.98. The Balaban J connectivity index is 2.17. The summed E-state index contributed by atoms with van der Waals surface area (Å²) < 4.78 is 0. The van der Waals surface area contributed by atoms with Crippen molar-refractivity contribution in [3.8, 4) is 0 Å². The van der Waals surface area contributed by atoms with E-state index < -0.39 is 6.10 Å². The highest BCUT2D eigenvalue weighted by molar-refractivity contribution is 8.07. The summed E-state index contributed by atoms with van der Waals surface area (Å²) in [6.45, 7) is 8.24. The number of hydrogen-bond donors (Lipinski definition) is 1. The second-order valence-electron chi connectivity index (χ2n) is 4.81. The molecule has 4 atom stereocenters. The number of nitrogens with zero attached hydrogens (tertiary/aromatic N) is 2. The molecule has 3 nitrogen and oxygen atoms in total. The molecule has 4 unspecified atom stereocenters. The molecule has 1 aliphatic rings. The van der Waals surface area contributed by atoms with Crippen molar-refractivity contribution in [3.63, 3.8) is 0 Å². The number of aromatic nitrogens is 2. The first-order valence-corrected chi connectivity index (χ1v) is 8.26. The zero-order valence-electron chi connectivity index (χ0n) is 11.3. The van der Waals surface area contributed by atoms with Gasteiger partial charge in [-0.25, -0.2) is 9.97 Å². The Bertz CT molecular complexity index is 425. The van der Waals surface area contributed by atoms with Gasteiger partial charge in [-0.2, -0.15) is 11.8 Å². The maximum atomic E-state index is 9.59. The molecule has 0 spiro atoms.